The van der Waals surface area contributed by atoms with E-state index in [1.54, 1.807) is 6.07 Å². The van der Waals surface area contributed by atoms with E-state index in [1.807, 2.05) is 36.4 Å². The van der Waals surface area contributed by atoms with Gasteiger partial charge in [0.2, 0.25) is 0 Å². The van der Waals surface area contributed by atoms with Crippen LogP contribution in [0.2, 0.25) is 10.0 Å². The van der Waals surface area contributed by atoms with Crippen LogP contribution in [0.15, 0.2) is 42.5 Å². The number of hydrogen-bond acceptors (Lipinski definition) is 3. The number of ether oxygens (including phenoxy) is 1. The molecule has 0 bridgehead atoms. The number of benzene rings is 2. The predicted molar refractivity (Wildman–Crippen MR) is 93.8 cm³/mol. The summed E-state index contributed by atoms with van der Waals surface area (Å²) in [6.45, 7) is 1.95. The maximum Gasteiger partial charge on any atom is 0.119 e. The topological polar surface area (TPSA) is 45.0 Å². The van der Waals surface area contributed by atoms with Crippen LogP contribution in [0.1, 0.15) is 24.0 Å². The Hall–Kier alpha value is -1.73. The lowest BCUT2D eigenvalue weighted by atomic mass is 10.2. The van der Waals surface area contributed by atoms with E-state index in [4.69, 9.17) is 33.2 Å². The Morgan fingerprint density at radius 3 is 2.74 bits per heavy atom. The van der Waals surface area contributed by atoms with Crippen LogP contribution in [0.5, 0.6) is 5.75 Å². The molecule has 2 aromatic rings. The molecular formula is C18H18Cl2N2O. The van der Waals surface area contributed by atoms with Crippen molar-refractivity contribution in [1.29, 1.82) is 5.26 Å². The van der Waals surface area contributed by atoms with Gasteiger partial charge < -0.3 is 10.1 Å². The number of rotatable bonds is 8. The van der Waals surface area contributed by atoms with Crippen LogP contribution in [-0.4, -0.2) is 6.61 Å². The first-order valence-corrected chi connectivity index (χ1v) is 8.18. The largest absolute Gasteiger partial charge is 0.494 e. The van der Waals surface area contributed by atoms with E-state index in [0.29, 0.717) is 36.2 Å². The minimum absolute atomic E-state index is 0.517. The highest BCUT2D eigenvalue weighted by Crippen LogP contribution is 2.21. The minimum atomic E-state index is 0.517. The van der Waals surface area contributed by atoms with Gasteiger partial charge in [-0.05, 0) is 41.8 Å². The van der Waals surface area contributed by atoms with Crippen LogP contribution >= 0.6 is 23.2 Å². The smallest absolute Gasteiger partial charge is 0.119 e. The molecular weight excluding hydrogens is 331 g/mol. The number of nitrogens with zero attached hydrogens (tertiary/aromatic N) is 1. The quantitative estimate of drug-likeness (QED) is 0.685. The summed E-state index contributed by atoms with van der Waals surface area (Å²) >= 11 is 12.0. The third-order valence-corrected chi connectivity index (χ3v) is 3.85. The molecule has 5 heteroatoms. The van der Waals surface area contributed by atoms with Gasteiger partial charge in [-0.3, -0.25) is 0 Å². The van der Waals surface area contributed by atoms with Crippen molar-refractivity contribution >= 4 is 23.2 Å². The number of nitrogens with one attached hydrogen (secondary N) is 1. The molecule has 0 heterocycles. The van der Waals surface area contributed by atoms with Crippen LogP contribution < -0.4 is 10.1 Å². The summed E-state index contributed by atoms with van der Waals surface area (Å²) in [4.78, 5) is 0. The van der Waals surface area contributed by atoms with Gasteiger partial charge in [-0.2, -0.15) is 5.26 Å². The van der Waals surface area contributed by atoms with Gasteiger partial charge in [-0.15, -0.1) is 0 Å². The first kappa shape index (κ1) is 17.6. The lowest BCUT2D eigenvalue weighted by Gasteiger charge is -2.09. The Morgan fingerprint density at radius 1 is 1.09 bits per heavy atom. The molecule has 0 radical (unpaired) electrons. The Bertz CT molecular complexity index is 683. The first-order chi connectivity index (χ1) is 11.2. The SMILES string of the molecule is N#CCCCOc1cccc(CNCc2ccc(Cl)cc2Cl)c1. The zero-order chi connectivity index (χ0) is 16.5. The second-order valence-corrected chi connectivity index (χ2v) is 5.94. The molecule has 0 saturated heterocycles. The van der Waals surface area contributed by atoms with E-state index in [-0.39, 0.29) is 0 Å². The van der Waals surface area contributed by atoms with Crippen molar-refractivity contribution < 1.29 is 4.74 Å². The summed E-state index contributed by atoms with van der Waals surface area (Å²) in [6, 6.07) is 15.5. The second kappa shape index (κ2) is 9.42. The first-order valence-electron chi connectivity index (χ1n) is 7.42. The number of unbranched alkanes of at least 4 members (excludes halogenated alkanes) is 1. The van der Waals surface area contributed by atoms with Crippen molar-refractivity contribution in [3.63, 3.8) is 0 Å². The normalized spacial score (nSPS) is 10.3. The zero-order valence-electron chi connectivity index (χ0n) is 12.7. The third-order valence-electron chi connectivity index (χ3n) is 3.26. The molecule has 0 aliphatic rings. The van der Waals surface area contributed by atoms with Crippen LogP contribution in [0.4, 0.5) is 0 Å². The van der Waals surface area contributed by atoms with Gasteiger partial charge in [0.05, 0.1) is 12.7 Å². The molecule has 0 atom stereocenters. The summed E-state index contributed by atoms with van der Waals surface area (Å²) < 4.78 is 5.63. The van der Waals surface area contributed by atoms with Gasteiger partial charge >= 0.3 is 0 Å². The van der Waals surface area contributed by atoms with Crippen molar-refractivity contribution in [3.8, 4) is 11.8 Å². The fraction of sp³-hybridized carbons (Fsp3) is 0.278. The molecule has 0 fully saturated rings. The molecule has 0 aromatic heterocycles. The molecule has 120 valence electrons. The average Bonchev–Trinajstić information content (AvgIpc) is 2.54. The summed E-state index contributed by atoms with van der Waals surface area (Å²) in [5, 5.41) is 13.2. The second-order valence-electron chi connectivity index (χ2n) is 5.10. The van der Waals surface area contributed by atoms with E-state index in [9.17, 15) is 0 Å². The monoisotopic (exact) mass is 348 g/mol. The molecule has 2 rings (SSSR count). The van der Waals surface area contributed by atoms with Gasteiger partial charge in [0.25, 0.3) is 0 Å². The molecule has 2 aromatic carbocycles. The number of nitriles is 1. The minimum Gasteiger partial charge on any atom is -0.494 e. The highest BCUT2D eigenvalue weighted by molar-refractivity contribution is 6.35. The number of halogens is 2. The van der Waals surface area contributed by atoms with Crippen LogP contribution in [0, 0.1) is 11.3 Å². The molecule has 1 N–H and O–H groups in total. The molecule has 0 unspecified atom stereocenters. The van der Waals surface area contributed by atoms with Crippen molar-refractivity contribution in [3.05, 3.63) is 63.6 Å². The summed E-state index contributed by atoms with van der Waals surface area (Å²) in [5.41, 5.74) is 2.15. The van der Waals surface area contributed by atoms with Gasteiger partial charge in [0, 0.05) is 29.6 Å². The maximum atomic E-state index is 8.50. The van der Waals surface area contributed by atoms with Gasteiger partial charge in [-0.1, -0.05) is 41.4 Å². The molecule has 23 heavy (non-hydrogen) atoms. The van der Waals surface area contributed by atoms with E-state index in [2.05, 4.69) is 11.4 Å². The summed E-state index contributed by atoms with van der Waals surface area (Å²) in [6.07, 6.45) is 1.26. The van der Waals surface area contributed by atoms with Crippen molar-refractivity contribution in [1.82, 2.24) is 5.32 Å². The fourth-order valence-electron chi connectivity index (χ4n) is 2.09. The van der Waals surface area contributed by atoms with E-state index in [0.717, 1.165) is 23.3 Å². The van der Waals surface area contributed by atoms with E-state index < -0.39 is 0 Å². The maximum absolute atomic E-state index is 8.50. The zero-order valence-corrected chi connectivity index (χ0v) is 14.2. The average molecular weight is 349 g/mol. The molecule has 0 aliphatic carbocycles. The van der Waals surface area contributed by atoms with Crippen LogP contribution in [0.3, 0.4) is 0 Å². The fourth-order valence-corrected chi connectivity index (χ4v) is 2.57. The number of hydrogen-bond donors (Lipinski definition) is 1. The summed E-state index contributed by atoms with van der Waals surface area (Å²) in [5.74, 6) is 0.826. The Morgan fingerprint density at radius 2 is 1.96 bits per heavy atom. The Balaban J connectivity index is 1.82. The standard InChI is InChI=1S/C18H18Cl2N2O/c19-16-7-6-15(18(20)11-16)13-22-12-14-4-3-5-17(10-14)23-9-2-1-8-21/h3-7,10-11,22H,1-2,9,12-13H2. The third kappa shape index (κ3) is 6.11. The van der Waals surface area contributed by atoms with Gasteiger partial charge in [0.1, 0.15) is 5.75 Å². The Labute approximate surface area is 146 Å². The van der Waals surface area contributed by atoms with E-state index in [1.165, 1.54) is 0 Å². The van der Waals surface area contributed by atoms with Crippen molar-refractivity contribution in [2.75, 3.05) is 6.61 Å². The molecule has 0 spiro atoms. The van der Waals surface area contributed by atoms with E-state index >= 15 is 0 Å². The highest BCUT2D eigenvalue weighted by Gasteiger charge is 2.02. The van der Waals surface area contributed by atoms with Crippen molar-refractivity contribution in [2.24, 2.45) is 0 Å². The molecule has 0 aliphatic heterocycles. The lowest BCUT2D eigenvalue weighted by Crippen LogP contribution is -2.13. The lowest BCUT2D eigenvalue weighted by molar-refractivity contribution is 0.312. The Kier molecular flexibility index (Phi) is 7.22. The molecule has 3 nitrogen and oxygen atoms in total. The predicted octanol–water partition coefficient (Wildman–Crippen LogP) is 4.97. The van der Waals surface area contributed by atoms with Crippen molar-refractivity contribution in [2.45, 2.75) is 25.9 Å². The van der Waals surface area contributed by atoms with Crippen LogP contribution in [0.25, 0.3) is 0 Å². The molecule has 0 saturated carbocycles. The van der Waals surface area contributed by atoms with Crippen LogP contribution in [-0.2, 0) is 13.1 Å². The molecule has 0 amide bonds. The summed E-state index contributed by atoms with van der Waals surface area (Å²) in [7, 11) is 0. The highest BCUT2D eigenvalue weighted by atomic mass is 35.5. The van der Waals surface area contributed by atoms with Gasteiger partial charge in [0.15, 0.2) is 0 Å². The van der Waals surface area contributed by atoms with Gasteiger partial charge in [-0.25, -0.2) is 0 Å².